The molecule has 150 valence electrons. The van der Waals surface area contributed by atoms with Crippen LogP contribution in [0.15, 0.2) is 18.6 Å². The van der Waals surface area contributed by atoms with Gasteiger partial charge in [0.25, 0.3) is 0 Å². The van der Waals surface area contributed by atoms with E-state index in [-0.39, 0.29) is 23.9 Å². The van der Waals surface area contributed by atoms with Crippen molar-refractivity contribution in [1.29, 1.82) is 0 Å². The average molecular weight is 394 g/mol. The molecule has 1 saturated carbocycles. The first-order valence-electron chi connectivity index (χ1n) is 9.36. The molecular weight excluding hydrogens is 373 g/mol. The van der Waals surface area contributed by atoms with Crippen LogP contribution in [0.4, 0.5) is 24.7 Å². The number of hydrogen-bond acceptors (Lipinski definition) is 5. The minimum absolute atomic E-state index is 0.0446. The second-order valence-corrected chi connectivity index (χ2v) is 7.16. The van der Waals surface area contributed by atoms with Crippen molar-refractivity contribution in [2.24, 2.45) is 0 Å². The Kier molecular flexibility index (Phi) is 4.51. The Bertz CT molecular complexity index is 890. The smallest absolute Gasteiger partial charge is 0.340 e. The van der Waals surface area contributed by atoms with Crippen molar-refractivity contribution in [1.82, 2.24) is 19.5 Å². The van der Waals surface area contributed by atoms with Crippen molar-refractivity contribution in [2.45, 2.75) is 57.3 Å². The molecule has 1 atom stereocenters. The fourth-order valence-electron chi connectivity index (χ4n) is 4.16. The molecule has 0 spiro atoms. The van der Waals surface area contributed by atoms with Crippen LogP contribution in [0.1, 0.15) is 44.9 Å². The Morgan fingerprint density at radius 2 is 1.93 bits per heavy atom. The first kappa shape index (κ1) is 18.7. The lowest BCUT2D eigenvalue weighted by Gasteiger charge is -2.43. The van der Waals surface area contributed by atoms with E-state index in [1.165, 1.54) is 17.3 Å². The fraction of sp³-hybridized carbons (Fsp3) is 0.556. The summed E-state index contributed by atoms with van der Waals surface area (Å²) in [7, 11) is 1.65. The standard InChI is InChI=1S/C18H21F3N6O/c1-3-12-15(28)25(2)13-10-23-17(26-9-8-22-16(26)18(19,20)21)24-14(13)27(12)11-6-4-5-7-11/h8-12H,3-7H2,1-2H3. The molecule has 1 unspecified atom stereocenters. The third kappa shape index (κ3) is 2.91. The third-order valence-corrected chi connectivity index (χ3v) is 5.51. The fourth-order valence-corrected chi connectivity index (χ4v) is 4.16. The van der Waals surface area contributed by atoms with Gasteiger partial charge in [-0.05, 0) is 19.3 Å². The molecule has 0 N–H and O–H groups in total. The number of likely N-dealkylation sites (N-methyl/N-ethyl adjacent to an activating group) is 1. The van der Waals surface area contributed by atoms with Gasteiger partial charge in [-0.3, -0.25) is 9.36 Å². The Morgan fingerprint density at radius 3 is 2.57 bits per heavy atom. The summed E-state index contributed by atoms with van der Waals surface area (Å²) < 4.78 is 40.6. The van der Waals surface area contributed by atoms with Gasteiger partial charge < -0.3 is 9.80 Å². The van der Waals surface area contributed by atoms with Gasteiger partial charge in [0.15, 0.2) is 5.82 Å². The summed E-state index contributed by atoms with van der Waals surface area (Å²) in [5.41, 5.74) is 0.513. The number of hydrogen-bond donors (Lipinski definition) is 0. The first-order valence-corrected chi connectivity index (χ1v) is 9.36. The predicted molar refractivity (Wildman–Crippen MR) is 96.4 cm³/mol. The quantitative estimate of drug-likeness (QED) is 0.800. The molecule has 2 aromatic heterocycles. The second kappa shape index (κ2) is 6.75. The average Bonchev–Trinajstić information content (AvgIpc) is 3.35. The monoisotopic (exact) mass is 394 g/mol. The zero-order valence-corrected chi connectivity index (χ0v) is 15.6. The highest BCUT2D eigenvalue weighted by Gasteiger charge is 2.42. The molecule has 0 saturated heterocycles. The van der Waals surface area contributed by atoms with Crippen molar-refractivity contribution in [3.05, 3.63) is 24.4 Å². The highest BCUT2D eigenvalue weighted by Crippen LogP contribution is 2.40. The number of carbonyl (C=O) groups is 1. The van der Waals surface area contributed by atoms with Gasteiger partial charge in [-0.1, -0.05) is 19.8 Å². The van der Waals surface area contributed by atoms with Gasteiger partial charge in [-0.2, -0.15) is 18.2 Å². The number of alkyl halides is 3. The van der Waals surface area contributed by atoms with E-state index in [0.29, 0.717) is 17.9 Å². The maximum Gasteiger partial charge on any atom is 0.450 e. The van der Waals surface area contributed by atoms with Crippen LogP contribution in [0, 0.1) is 0 Å². The number of aromatic nitrogens is 4. The lowest BCUT2D eigenvalue weighted by Crippen LogP contribution is -2.55. The maximum atomic E-state index is 13.3. The van der Waals surface area contributed by atoms with E-state index in [1.54, 1.807) is 7.05 Å². The molecule has 1 aliphatic heterocycles. The Morgan fingerprint density at radius 1 is 1.21 bits per heavy atom. The molecule has 4 rings (SSSR count). The number of anilines is 2. The molecular formula is C18H21F3N6O. The van der Waals surface area contributed by atoms with Crippen LogP contribution < -0.4 is 9.80 Å². The molecule has 1 aliphatic carbocycles. The van der Waals surface area contributed by atoms with E-state index < -0.39 is 12.0 Å². The van der Waals surface area contributed by atoms with E-state index in [2.05, 4.69) is 15.0 Å². The van der Waals surface area contributed by atoms with Crippen LogP contribution in [0.5, 0.6) is 0 Å². The van der Waals surface area contributed by atoms with E-state index >= 15 is 0 Å². The molecule has 0 radical (unpaired) electrons. The Labute approximate surface area is 160 Å². The molecule has 1 amide bonds. The van der Waals surface area contributed by atoms with Crippen LogP contribution >= 0.6 is 0 Å². The molecule has 2 aromatic rings. The number of rotatable bonds is 3. The van der Waals surface area contributed by atoms with Crippen molar-refractivity contribution in [2.75, 3.05) is 16.8 Å². The van der Waals surface area contributed by atoms with Crippen molar-refractivity contribution < 1.29 is 18.0 Å². The zero-order valence-electron chi connectivity index (χ0n) is 15.6. The number of carbonyl (C=O) groups excluding carboxylic acids is 1. The number of nitrogens with zero attached hydrogens (tertiary/aromatic N) is 6. The zero-order chi connectivity index (χ0) is 20.1. The van der Waals surface area contributed by atoms with Gasteiger partial charge >= 0.3 is 6.18 Å². The van der Waals surface area contributed by atoms with Crippen LogP contribution in [-0.4, -0.2) is 44.6 Å². The largest absolute Gasteiger partial charge is 0.450 e. The van der Waals surface area contributed by atoms with Gasteiger partial charge in [-0.25, -0.2) is 9.97 Å². The number of halogens is 3. The van der Waals surface area contributed by atoms with Crippen LogP contribution in [0.3, 0.4) is 0 Å². The minimum atomic E-state index is -4.62. The van der Waals surface area contributed by atoms with E-state index in [1.807, 2.05) is 11.8 Å². The van der Waals surface area contributed by atoms with Gasteiger partial charge in [0.05, 0.1) is 6.20 Å². The molecule has 1 fully saturated rings. The van der Waals surface area contributed by atoms with Crippen LogP contribution in [0.25, 0.3) is 5.95 Å². The normalized spacial score (nSPS) is 20.8. The van der Waals surface area contributed by atoms with Gasteiger partial charge in [0.2, 0.25) is 17.7 Å². The number of imidazole rings is 1. The van der Waals surface area contributed by atoms with Crippen LogP contribution in [-0.2, 0) is 11.0 Å². The highest BCUT2D eigenvalue weighted by atomic mass is 19.4. The highest BCUT2D eigenvalue weighted by molar-refractivity contribution is 6.04. The molecule has 7 nitrogen and oxygen atoms in total. The lowest BCUT2D eigenvalue weighted by atomic mass is 10.0. The topological polar surface area (TPSA) is 67.2 Å². The minimum Gasteiger partial charge on any atom is -0.340 e. The summed E-state index contributed by atoms with van der Waals surface area (Å²) in [4.78, 5) is 28.3. The third-order valence-electron chi connectivity index (χ3n) is 5.51. The molecule has 2 aliphatic rings. The SMILES string of the molecule is CCC1C(=O)N(C)c2cnc(-n3ccnc3C(F)(F)F)nc2N1C1CCCC1. The number of fused-ring (bicyclic) bond motifs is 1. The molecule has 28 heavy (non-hydrogen) atoms. The van der Waals surface area contributed by atoms with Crippen molar-refractivity contribution in [3.8, 4) is 5.95 Å². The predicted octanol–water partition coefficient (Wildman–Crippen LogP) is 3.19. The summed E-state index contributed by atoms with van der Waals surface area (Å²) in [6, 6.07) is -0.234. The summed E-state index contributed by atoms with van der Waals surface area (Å²) >= 11 is 0. The molecule has 0 bridgehead atoms. The number of amides is 1. The van der Waals surface area contributed by atoms with E-state index in [4.69, 9.17) is 0 Å². The lowest BCUT2D eigenvalue weighted by molar-refractivity contribution is -0.146. The van der Waals surface area contributed by atoms with Crippen molar-refractivity contribution >= 4 is 17.4 Å². The summed E-state index contributed by atoms with van der Waals surface area (Å²) in [5.74, 6) is -0.721. The summed E-state index contributed by atoms with van der Waals surface area (Å²) in [6.45, 7) is 1.93. The molecule has 0 aromatic carbocycles. The summed E-state index contributed by atoms with van der Waals surface area (Å²) in [6.07, 6.45) is 3.66. The molecule has 10 heteroatoms. The van der Waals surface area contributed by atoms with Crippen molar-refractivity contribution in [3.63, 3.8) is 0 Å². The van der Waals surface area contributed by atoms with Gasteiger partial charge in [0.1, 0.15) is 11.7 Å². The Balaban J connectivity index is 1.85. The van der Waals surface area contributed by atoms with E-state index in [0.717, 1.165) is 36.4 Å². The Hall–Kier alpha value is -2.65. The van der Waals surface area contributed by atoms with E-state index in [9.17, 15) is 18.0 Å². The first-order chi connectivity index (χ1) is 13.3. The van der Waals surface area contributed by atoms with Gasteiger partial charge in [0, 0.05) is 25.5 Å². The second-order valence-electron chi connectivity index (χ2n) is 7.16. The maximum absolute atomic E-state index is 13.3. The molecule has 3 heterocycles. The van der Waals surface area contributed by atoms with Gasteiger partial charge in [-0.15, -0.1) is 0 Å². The van der Waals surface area contributed by atoms with Crippen LogP contribution in [0.2, 0.25) is 0 Å². The summed E-state index contributed by atoms with van der Waals surface area (Å²) in [5, 5.41) is 0.